The Labute approximate surface area is 265 Å². The molecule has 0 unspecified atom stereocenters. The van der Waals surface area contributed by atoms with Gasteiger partial charge in [0.1, 0.15) is 35.1 Å². The van der Waals surface area contributed by atoms with Crippen LogP contribution in [0.5, 0.6) is 6.01 Å². The van der Waals surface area contributed by atoms with Gasteiger partial charge in [0, 0.05) is 54.6 Å². The maximum Gasteiger partial charge on any atom is 0.319 e. The molecule has 5 heterocycles. The summed E-state index contributed by atoms with van der Waals surface area (Å²) in [6.45, 7) is 4.61. The number of nitrogens with one attached hydrogen (secondary N) is 1. The molecule has 0 amide bonds. The van der Waals surface area contributed by atoms with Gasteiger partial charge in [0.2, 0.25) is 0 Å². The van der Waals surface area contributed by atoms with E-state index in [1.807, 2.05) is 14.0 Å². The molecule has 2 aromatic carbocycles. The van der Waals surface area contributed by atoms with Crippen LogP contribution in [0.3, 0.4) is 0 Å². The van der Waals surface area contributed by atoms with E-state index >= 15 is 4.39 Å². The fourth-order valence-electron chi connectivity index (χ4n) is 7.31. The van der Waals surface area contributed by atoms with Crippen molar-refractivity contribution in [3.05, 3.63) is 65.1 Å². The number of ether oxygens (including phenoxy) is 1. The van der Waals surface area contributed by atoms with Gasteiger partial charge >= 0.3 is 6.01 Å². The number of halogens is 3. The van der Waals surface area contributed by atoms with Crippen molar-refractivity contribution in [1.82, 2.24) is 25.2 Å². The van der Waals surface area contributed by atoms with Gasteiger partial charge in [0.25, 0.3) is 0 Å². The number of benzene rings is 2. The zero-order valence-corrected chi connectivity index (χ0v) is 25.7. The number of piperidine rings is 1. The number of hydrogen-bond acceptors (Lipinski definition) is 7. The first-order valence-electron chi connectivity index (χ1n) is 15.4. The third kappa shape index (κ3) is 5.02. The molecule has 3 atom stereocenters. The Bertz CT molecular complexity index is 1990. The van der Waals surface area contributed by atoms with Gasteiger partial charge in [-0.1, -0.05) is 37.1 Å². The molecule has 1 N–H and O–H groups in total. The normalized spacial score (nSPS) is 24.0. The van der Waals surface area contributed by atoms with E-state index in [-0.39, 0.29) is 47.2 Å². The average Bonchev–Trinajstić information content (AvgIpc) is 3.40. The second kappa shape index (κ2) is 11.6. The Balaban J connectivity index is 1.42. The van der Waals surface area contributed by atoms with E-state index in [1.54, 1.807) is 24.3 Å². The fraction of sp³-hybridized carbons (Fsp3) is 0.361. The summed E-state index contributed by atoms with van der Waals surface area (Å²) >= 11 is 0. The molecule has 4 aromatic rings. The van der Waals surface area contributed by atoms with Crippen LogP contribution in [0.2, 0.25) is 0 Å². The van der Waals surface area contributed by atoms with Gasteiger partial charge in [-0.15, -0.1) is 12.8 Å². The number of rotatable bonds is 5. The highest BCUT2D eigenvalue weighted by atomic mass is 19.1. The smallest absolute Gasteiger partial charge is 0.319 e. The fourth-order valence-corrected chi connectivity index (χ4v) is 7.31. The summed E-state index contributed by atoms with van der Waals surface area (Å²) in [6, 6.07) is 8.47. The molecule has 2 aromatic heterocycles. The summed E-state index contributed by atoms with van der Waals surface area (Å²) in [5, 5.41) is 4.88. The third-order valence-electron chi connectivity index (χ3n) is 9.60. The zero-order chi connectivity index (χ0) is 32.2. The number of aromatic nitrogens is 3. The highest BCUT2D eigenvalue weighted by Gasteiger charge is 2.37. The topological polar surface area (TPSA) is 66.4 Å². The maximum atomic E-state index is 16.9. The minimum absolute atomic E-state index is 0.00256. The Kier molecular flexibility index (Phi) is 7.59. The largest absolute Gasteiger partial charge is 0.462 e. The van der Waals surface area contributed by atoms with E-state index < -0.39 is 17.0 Å². The highest BCUT2D eigenvalue weighted by molar-refractivity contribution is 6.03. The predicted molar refractivity (Wildman–Crippen MR) is 173 cm³/mol. The molecular formula is C36H33F3N6O. The average molecular weight is 623 g/mol. The summed E-state index contributed by atoms with van der Waals surface area (Å²) in [5.41, 5.74) is 0.281. The van der Waals surface area contributed by atoms with E-state index in [9.17, 15) is 8.78 Å². The Morgan fingerprint density at radius 3 is 2.57 bits per heavy atom. The van der Waals surface area contributed by atoms with Gasteiger partial charge < -0.3 is 19.9 Å². The van der Waals surface area contributed by atoms with Crippen LogP contribution in [0.1, 0.15) is 37.4 Å². The summed E-state index contributed by atoms with van der Waals surface area (Å²) in [5.74, 6) is 4.12. The van der Waals surface area contributed by atoms with Crippen LogP contribution >= 0.6 is 0 Å². The minimum Gasteiger partial charge on any atom is -0.462 e. The standard InChI is InChI=1S/C36H33F3N6O/c1-5-25-27(38)13-10-21-8-7-9-26(29(21)25)32-31(39)33-30(28(6-2)41-32)34(45-17-23-11-12-24(18-45)40-23)43-35(42-33)46-20-36(3)19-44(4)15-14-22(36)16-37/h1-2,7-10,13,16,23-24,40H,11-12,14-15,17-20H2,3-4H3/b22-16+/t23-,24+,36-/m0/s1. The van der Waals surface area contributed by atoms with Gasteiger partial charge in [-0.05, 0) is 49.3 Å². The molecule has 0 saturated carbocycles. The van der Waals surface area contributed by atoms with Crippen molar-refractivity contribution in [2.45, 2.75) is 38.3 Å². The predicted octanol–water partition coefficient (Wildman–Crippen LogP) is 5.60. The van der Waals surface area contributed by atoms with Gasteiger partial charge in [0.05, 0.1) is 17.3 Å². The van der Waals surface area contributed by atoms with Crippen molar-refractivity contribution in [1.29, 1.82) is 0 Å². The number of piperazine rings is 1. The van der Waals surface area contributed by atoms with E-state index in [0.717, 1.165) is 19.4 Å². The number of pyridine rings is 1. The van der Waals surface area contributed by atoms with Gasteiger partial charge in [-0.25, -0.2) is 18.2 Å². The lowest BCUT2D eigenvalue weighted by atomic mass is 9.78. The number of likely N-dealkylation sites (tertiary alicyclic amines) is 1. The molecule has 46 heavy (non-hydrogen) atoms. The van der Waals surface area contributed by atoms with Crippen molar-refractivity contribution in [2.75, 3.05) is 44.7 Å². The number of nitrogens with zero attached hydrogens (tertiary/aromatic N) is 5. The van der Waals surface area contributed by atoms with Crippen molar-refractivity contribution in [3.63, 3.8) is 0 Å². The Morgan fingerprint density at radius 2 is 1.85 bits per heavy atom. The molecule has 0 aliphatic carbocycles. The van der Waals surface area contributed by atoms with Crippen LogP contribution < -0.4 is 15.0 Å². The summed E-state index contributed by atoms with van der Waals surface area (Å²) < 4.78 is 52.0. The second-order valence-electron chi connectivity index (χ2n) is 12.8. The van der Waals surface area contributed by atoms with Crippen LogP contribution in [-0.4, -0.2) is 71.8 Å². The van der Waals surface area contributed by atoms with Gasteiger partial charge in [-0.2, -0.15) is 9.97 Å². The Hall–Kier alpha value is -4.64. The minimum atomic E-state index is -0.756. The molecule has 0 spiro atoms. The lowest BCUT2D eigenvalue weighted by molar-refractivity contribution is 0.109. The number of hydrogen-bond donors (Lipinski definition) is 1. The Morgan fingerprint density at radius 1 is 1.07 bits per heavy atom. The van der Waals surface area contributed by atoms with E-state index in [1.165, 1.54) is 6.07 Å². The molecular weight excluding hydrogens is 589 g/mol. The van der Waals surface area contributed by atoms with Crippen LogP contribution in [-0.2, 0) is 0 Å². The monoisotopic (exact) mass is 622 g/mol. The lowest BCUT2D eigenvalue weighted by Crippen LogP contribution is -2.51. The van der Waals surface area contributed by atoms with Crippen molar-refractivity contribution in [2.24, 2.45) is 5.41 Å². The second-order valence-corrected chi connectivity index (χ2v) is 12.8. The SMILES string of the molecule is C#Cc1c(F)ccc2cccc(-c3nc(C#C)c4c(N5C[C@H]6CC[C@@H](C5)N6)nc(OC[C@]5(C)CN(C)CC/C5=C\F)nc4c3F)c12. The molecule has 234 valence electrons. The summed E-state index contributed by atoms with van der Waals surface area (Å²) in [4.78, 5) is 18.2. The molecule has 10 heteroatoms. The molecule has 3 saturated heterocycles. The van der Waals surface area contributed by atoms with Crippen molar-refractivity contribution in [3.8, 4) is 42.0 Å². The van der Waals surface area contributed by atoms with E-state index in [4.69, 9.17) is 22.6 Å². The first-order valence-corrected chi connectivity index (χ1v) is 15.4. The summed E-state index contributed by atoms with van der Waals surface area (Å²) in [7, 11) is 1.98. The van der Waals surface area contributed by atoms with Crippen LogP contribution in [0.4, 0.5) is 19.0 Å². The van der Waals surface area contributed by atoms with Crippen molar-refractivity contribution >= 4 is 27.5 Å². The van der Waals surface area contributed by atoms with Gasteiger partial charge in [0.15, 0.2) is 5.82 Å². The summed E-state index contributed by atoms with van der Waals surface area (Å²) in [6.07, 6.45) is 15.0. The van der Waals surface area contributed by atoms with Crippen LogP contribution in [0.25, 0.3) is 32.9 Å². The van der Waals surface area contributed by atoms with Crippen molar-refractivity contribution < 1.29 is 17.9 Å². The highest BCUT2D eigenvalue weighted by Crippen LogP contribution is 2.40. The first-order chi connectivity index (χ1) is 22.2. The molecule has 3 aliphatic rings. The maximum absolute atomic E-state index is 16.9. The first kappa shape index (κ1) is 30.0. The lowest BCUT2D eigenvalue weighted by Gasteiger charge is -2.40. The molecule has 3 aliphatic heterocycles. The molecule has 2 bridgehead atoms. The van der Waals surface area contributed by atoms with E-state index in [2.05, 4.69) is 36.9 Å². The molecule has 3 fully saturated rings. The van der Waals surface area contributed by atoms with Crippen LogP contribution in [0, 0.1) is 41.7 Å². The number of anilines is 1. The number of terminal acetylenes is 2. The third-order valence-corrected chi connectivity index (χ3v) is 9.60. The van der Waals surface area contributed by atoms with Gasteiger partial charge in [-0.3, -0.25) is 0 Å². The molecule has 0 radical (unpaired) electrons. The number of fused-ring (bicyclic) bond motifs is 4. The molecule has 7 rings (SSSR count). The quantitative estimate of drug-likeness (QED) is 0.291. The van der Waals surface area contributed by atoms with Crippen LogP contribution in [0.15, 0.2) is 42.2 Å². The zero-order valence-electron chi connectivity index (χ0n) is 25.7. The van der Waals surface area contributed by atoms with E-state index in [0.29, 0.717) is 65.5 Å². The molecule has 7 nitrogen and oxygen atoms in total.